The Labute approximate surface area is 236 Å². The Hall–Kier alpha value is -4.26. The van der Waals surface area contributed by atoms with Gasteiger partial charge in [0.2, 0.25) is 0 Å². The van der Waals surface area contributed by atoms with E-state index >= 15 is 0 Å². The van der Waals surface area contributed by atoms with Crippen molar-refractivity contribution in [3.05, 3.63) is 89.2 Å². The molecule has 4 rings (SSSR count). The second-order valence-electron chi connectivity index (χ2n) is 9.84. The number of carbonyl (C=O) groups is 2. The number of halogens is 1. The van der Waals surface area contributed by atoms with Crippen LogP contribution in [0.25, 0.3) is 17.2 Å². The molecule has 0 unspecified atom stereocenters. The van der Waals surface area contributed by atoms with Gasteiger partial charge in [-0.3, -0.25) is 0 Å². The molecule has 3 aromatic carbocycles. The molecule has 1 aliphatic carbocycles. The number of nitrogens with zero attached hydrogens (tertiary/aromatic N) is 1. The standard InChI is InChI=1S/C26H26FN3O2.C7H12O/c1-29-25-11-10-19(14-22(25)16-28)20-8-9-21(24(27)15-20)17-30(2)23-6-4-5-18(13-23)7-12-26(31)32-3;8-6-7-4-2-1-3-5-7/h4-16,28-29H,17H2,1-3H3;6-7H,1-5H2/b12-7+,28-16?;. The topological polar surface area (TPSA) is 82.5 Å². The summed E-state index contributed by atoms with van der Waals surface area (Å²) in [4.78, 5) is 23.4. The van der Waals surface area contributed by atoms with Gasteiger partial charge in [-0.1, -0.05) is 49.6 Å². The van der Waals surface area contributed by atoms with Crippen molar-refractivity contribution < 1.29 is 18.7 Å². The molecule has 3 aromatic rings. The third-order valence-corrected chi connectivity index (χ3v) is 7.04. The van der Waals surface area contributed by atoms with Gasteiger partial charge in [0.15, 0.2) is 0 Å². The number of rotatable bonds is 9. The summed E-state index contributed by atoms with van der Waals surface area (Å²) in [6.07, 6.45) is 11.6. The van der Waals surface area contributed by atoms with Gasteiger partial charge < -0.3 is 25.2 Å². The molecule has 0 aliphatic heterocycles. The fraction of sp³-hybridized carbons (Fsp3) is 0.303. The normalized spacial score (nSPS) is 13.2. The second-order valence-corrected chi connectivity index (χ2v) is 9.84. The number of anilines is 2. The third kappa shape index (κ3) is 8.63. The molecule has 0 amide bonds. The molecule has 0 atom stereocenters. The lowest BCUT2D eigenvalue weighted by Gasteiger charge is -2.20. The Kier molecular flexibility index (Phi) is 11.6. The van der Waals surface area contributed by atoms with Crippen LogP contribution in [0.4, 0.5) is 15.8 Å². The average Bonchev–Trinajstić information content (AvgIpc) is 3.01. The van der Waals surface area contributed by atoms with Gasteiger partial charge in [-0.25, -0.2) is 9.18 Å². The van der Waals surface area contributed by atoms with Crippen LogP contribution in [0.2, 0.25) is 0 Å². The number of esters is 1. The zero-order chi connectivity index (χ0) is 28.9. The van der Waals surface area contributed by atoms with E-state index in [4.69, 9.17) is 5.41 Å². The first-order valence-electron chi connectivity index (χ1n) is 13.5. The number of hydrogen-bond donors (Lipinski definition) is 2. The molecule has 2 N–H and O–H groups in total. The monoisotopic (exact) mass is 543 g/mol. The molecule has 1 saturated carbocycles. The number of ether oxygens (including phenoxy) is 1. The maximum atomic E-state index is 14.9. The largest absolute Gasteiger partial charge is 0.466 e. The highest BCUT2D eigenvalue weighted by atomic mass is 19.1. The summed E-state index contributed by atoms with van der Waals surface area (Å²) in [6, 6.07) is 18.5. The molecule has 0 heterocycles. The fourth-order valence-electron chi connectivity index (χ4n) is 4.66. The van der Waals surface area contributed by atoms with E-state index in [-0.39, 0.29) is 5.82 Å². The highest BCUT2D eigenvalue weighted by Crippen LogP contribution is 2.27. The Morgan fingerprint density at radius 3 is 2.42 bits per heavy atom. The SMILES string of the molecule is CNc1ccc(-c2ccc(CN(C)c3cccc(/C=C/C(=O)OC)c3)c(F)c2)cc1C=N.O=CC1CCCCC1. The summed E-state index contributed by atoms with van der Waals surface area (Å²) >= 11 is 0. The molecule has 6 nitrogen and oxygen atoms in total. The summed E-state index contributed by atoms with van der Waals surface area (Å²) in [5.74, 6) is -0.298. The van der Waals surface area contributed by atoms with E-state index in [9.17, 15) is 14.0 Å². The van der Waals surface area contributed by atoms with Crippen molar-refractivity contribution in [3.63, 3.8) is 0 Å². The number of methoxy groups -OCH3 is 1. The molecule has 0 aromatic heterocycles. The van der Waals surface area contributed by atoms with E-state index in [1.54, 1.807) is 19.2 Å². The van der Waals surface area contributed by atoms with Crippen LogP contribution < -0.4 is 10.2 Å². The van der Waals surface area contributed by atoms with Gasteiger partial charge in [0.05, 0.1) is 7.11 Å². The second kappa shape index (κ2) is 15.4. The highest BCUT2D eigenvalue weighted by Gasteiger charge is 2.11. The number of carbonyl (C=O) groups excluding carboxylic acids is 2. The van der Waals surface area contributed by atoms with Crippen LogP contribution in [-0.4, -0.2) is 39.7 Å². The Bertz CT molecular complexity index is 1330. The minimum absolute atomic E-state index is 0.287. The molecule has 0 bridgehead atoms. The van der Waals surface area contributed by atoms with Crippen molar-refractivity contribution in [2.24, 2.45) is 5.92 Å². The highest BCUT2D eigenvalue weighted by molar-refractivity contribution is 5.88. The van der Waals surface area contributed by atoms with Crippen LogP contribution in [0, 0.1) is 17.1 Å². The molecule has 0 radical (unpaired) electrons. The molecule has 40 heavy (non-hydrogen) atoms. The van der Waals surface area contributed by atoms with E-state index in [1.807, 2.05) is 60.5 Å². The lowest BCUT2D eigenvalue weighted by Crippen LogP contribution is -2.17. The maximum Gasteiger partial charge on any atom is 0.330 e. The molecular formula is C33H38FN3O3. The van der Waals surface area contributed by atoms with E-state index in [0.717, 1.165) is 52.8 Å². The summed E-state index contributed by atoms with van der Waals surface area (Å²) in [5, 5.41) is 10.6. The van der Waals surface area contributed by atoms with Gasteiger partial charge in [-0.15, -0.1) is 0 Å². The number of hydrogen-bond acceptors (Lipinski definition) is 6. The summed E-state index contributed by atoms with van der Waals surface area (Å²) in [7, 11) is 5.03. The quantitative estimate of drug-likeness (QED) is 0.130. The molecule has 0 spiro atoms. The van der Waals surface area contributed by atoms with Crippen LogP contribution in [0.15, 0.2) is 66.7 Å². The summed E-state index contributed by atoms with van der Waals surface area (Å²) in [5.41, 5.74) is 5.54. The van der Waals surface area contributed by atoms with Gasteiger partial charge >= 0.3 is 5.97 Å². The van der Waals surface area contributed by atoms with E-state index < -0.39 is 5.97 Å². The van der Waals surface area contributed by atoms with Gasteiger partial charge in [0.25, 0.3) is 0 Å². The van der Waals surface area contributed by atoms with Gasteiger partial charge in [-0.05, 0) is 65.9 Å². The molecular weight excluding hydrogens is 505 g/mol. The smallest absolute Gasteiger partial charge is 0.330 e. The van der Waals surface area contributed by atoms with Gasteiger partial charge in [0, 0.05) is 61.4 Å². The minimum atomic E-state index is -0.417. The molecule has 1 fully saturated rings. The van der Waals surface area contributed by atoms with E-state index in [0.29, 0.717) is 18.0 Å². The first kappa shape index (κ1) is 30.3. The Morgan fingerprint density at radius 2 is 1.80 bits per heavy atom. The van der Waals surface area contributed by atoms with Crippen molar-refractivity contribution in [2.45, 2.75) is 38.6 Å². The van der Waals surface area contributed by atoms with Crippen LogP contribution in [0.1, 0.15) is 48.8 Å². The van der Waals surface area contributed by atoms with Crippen molar-refractivity contribution in [2.75, 3.05) is 31.4 Å². The zero-order valence-electron chi connectivity index (χ0n) is 23.5. The lowest BCUT2D eigenvalue weighted by molar-refractivity contribution is -0.134. The predicted molar refractivity (Wildman–Crippen MR) is 162 cm³/mol. The third-order valence-electron chi connectivity index (χ3n) is 7.04. The van der Waals surface area contributed by atoms with Crippen LogP contribution in [-0.2, 0) is 20.9 Å². The fourth-order valence-corrected chi connectivity index (χ4v) is 4.66. The Balaban J connectivity index is 0.000000472. The molecule has 210 valence electrons. The van der Waals surface area contributed by atoms with Gasteiger partial charge in [-0.2, -0.15) is 0 Å². The first-order valence-corrected chi connectivity index (χ1v) is 13.5. The summed E-state index contributed by atoms with van der Waals surface area (Å²) < 4.78 is 19.5. The molecule has 7 heteroatoms. The van der Waals surface area contributed by atoms with Gasteiger partial charge in [0.1, 0.15) is 12.1 Å². The molecule has 0 saturated heterocycles. The van der Waals surface area contributed by atoms with Crippen LogP contribution in [0.3, 0.4) is 0 Å². The van der Waals surface area contributed by atoms with Crippen molar-refractivity contribution in [1.29, 1.82) is 5.41 Å². The van der Waals surface area contributed by atoms with Crippen molar-refractivity contribution >= 4 is 35.9 Å². The number of benzene rings is 3. The van der Waals surface area contributed by atoms with E-state index in [1.165, 1.54) is 44.7 Å². The minimum Gasteiger partial charge on any atom is -0.466 e. The predicted octanol–water partition coefficient (Wildman–Crippen LogP) is 7.12. The van der Waals surface area contributed by atoms with Crippen molar-refractivity contribution in [1.82, 2.24) is 0 Å². The van der Waals surface area contributed by atoms with Crippen molar-refractivity contribution in [3.8, 4) is 11.1 Å². The zero-order valence-corrected chi connectivity index (χ0v) is 23.5. The van der Waals surface area contributed by atoms with Crippen LogP contribution >= 0.6 is 0 Å². The average molecular weight is 544 g/mol. The van der Waals surface area contributed by atoms with E-state index in [2.05, 4.69) is 10.1 Å². The maximum absolute atomic E-state index is 14.9. The summed E-state index contributed by atoms with van der Waals surface area (Å²) in [6.45, 7) is 0.390. The number of aldehydes is 1. The van der Waals surface area contributed by atoms with Crippen LogP contribution in [0.5, 0.6) is 0 Å². The first-order chi connectivity index (χ1) is 19.4. The molecule has 1 aliphatic rings. The lowest BCUT2D eigenvalue weighted by atomic mass is 9.91. The Morgan fingerprint density at radius 1 is 1.07 bits per heavy atom. The number of nitrogens with one attached hydrogen (secondary N) is 2.